The molecule has 170 valence electrons. The molecular formula is C24H30FN4O3+. The molecule has 1 atom stereocenters. The number of hydrogen-bond acceptors (Lipinski definition) is 5. The van der Waals surface area contributed by atoms with Crippen molar-refractivity contribution < 1.29 is 18.5 Å². The summed E-state index contributed by atoms with van der Waals surface area (Å²) in [7, 11) is 2.25. The van der Waals surface area contributed by atoms with Crippen LogP contribution in [0.1, 0.15) is 60.5 Å². The number of likely N-dealkylation sites (tertiary alicyclic amines) is 1. The van der Waals surface area contributed by atoms with E-state index in [9.17, 15) is 14.3 Å². The standard InChI is InChI=1S/C24H30FN4O3/c1-15-18(24(31)28-10-3-4-20(30)23(28)26-15)9-13-29(2)11-7-16(8-12-29)22-19-6-5-17(25)14-21(19)32-27-22/h5-6,14,16,20,30H,3-4,7-13H2,1-2H3/q+1. The molecule has 8 heteroatoms. The lowest BCUT2D eigenvalue weighted by Crippen LogP contribution is -2.51. The molecule has 7 nitrogen and oxygen atoms in total. The Labute approximate surface area is 186 Å². The summed E-state index contributed by atoms with van der Waals surface area (Å²) in [5.74, 6) is 0.501. The van der Waals surface area contributed by atoms with Gasteiger partial charge in [-0.3, -0.25) is 9.36 Å². The summed E-state index contributed by atoms with van der Waals surface area (Å²) in [4.78, 5) is 17.7. The first-order chi connectivity index (χ1) is 15.3. The zero-order valence-electron chi connectivity index (χ0n) is 18.7. The van der Waals surface area contributed by atoms with Gasteiger partial charge in [0.1, 0.15) is 17.7 Å². The Morgan fingerprint density at radius 2 is 2.06 bits per heavy atom. The van der Waals surface area contributed by atoms with E-state index in [0.717, 1.165) is 65.7 Å². The number of aliphatic hydroxyl groups excluding tert-OH is 1. The Balaban J connectivity index is 1.28. The Kier molecular flexibility index (Phi) is 5.37. The van der Waals surface area contributed by atoms with Crippen LogP contribution in [0, 0.1) is 12.7 Å². The minimum Gasteiger partial charge on any atom is -0.385 e. The second kappa shape index (κ2) is 8.08. The normalized spacial score (nSPS) is 25.8. The monoisotopic (exact) mass is 441 g/mol. The van der Waals surface area contributed by atoms with Gasteiger partial charge in [0.2, 0.25) is 0 Å². The second-order valence-electron chi connectivity index (χ2n) is 9.67. The first-order valence-electron chi connectivity index (χ1n) is 11.5. The van der Waals surface area contributed by atoms with Crippen LogP contribution in [0.2, 0.25) is 0 Å². The van der Waals surface area contributed by atoms with E-state index in [1.54, 1.807) is 10.6 Å². The maximum absolute atomic E-state index is 13.5. The van der Waals surface area contributed by atoms with Crippen molar-refractivity contribution in [3.05, 3.63) is 57.1 Å². The fourth-order valence-electron chi connectivity index (χ4n) is 5.35. The first-order valence-corrected chi connectivity index (χ1v) is 11.5. The summed E-state index contributed by atoms with van der Waals surface area (Å²) in [5.41, 5.74) is 2.95. The molecule has 0 saturated carbocycles. The van der Waals surface area contributed by atoms with Crippen LogP contribution in [0.4, 0.5) is 4.39 Å². The SMILES string of the molecule is Cc1nc2n(c(=O)c1CC[N+]1(C)CCC(c3noc4cc(F)ccc34)CC1)CCCC2O. The minimum absolute atomic E-state index is 0.00837. The number of hydrogen-bond donors (Lipinski definition) is 1. The van der Waals surface area contributed by atoms with Crippen LogP contribution >= 0.6 is 0 Å². The Morgan fingerprint density at radius 3 is 2.84 bits per heavy atom. The number of fused-ring (bicyclic) bond motifs is 2. The Hall–Kier alpha value is -2.58. The molecule has 0 bridgehead atoms. The van der Waals surface area contributed by atoms with Crippen molar-refractivity contribution in [2.45, 2.75) is 57.6 Å². The predicted octanol–water partition coefficient (Wildman–Crippen LogP) is 3.23. The summed E-state index contributed by atoms with van der Waals surface area (Å²) in [6.07, 6.45) is 3.45. The van der Waals surface area contributed by atoms with Crippen LogP contribution in [0.3, 0.4) is 0 Å². The van der Waals surface area contributed by atoms with Gasteiger partial charge >= 0.3 is 0 Å². The second-order valence-corrected chi connectivity index (χ2v) is 9.67. The van der Waals surface area contributed by atoms with E-state index in [1.807, 2.05) is 6.92 Å². The molecule has 1 saturated heterocycles. The molecule has 0 amide bonds. The van der Waals surface area contributed by atoms with Crippen molar-refractivity contribution >= 4 is 11.0 Å². The number of aryl methyl sites for hydroxylation is 1. The van der Waals surface area contributed by atoms with Gasteiger partial charge in [-0.05, 0) is 31.9 Å². The third-order valence-electron chi connectivity index (χ3n) is 7.44. The number of likely N-dealkylation sites (N-methyl/N-ethyl adjacent to an activating group) is 1. The maximum atomic E-state index is 13.5. The summed E-state index contributed by atoms with van der Waals surface area (Å²) >= 11 is 0. The molecule has 0 aliphatic carbocycles. The van der Waals surface area contributed by atoms with Gasteiger partial charge < -0.3 is 14.1 Å². The van der Waals surface area contributed by atoms with E-state index >= 15 is 0 Å². The molecule has 1 aromatic carbocycles. The van der Waals surface area contributed by atoms with Gasteiger partial charge in [0.25, 0.3) is 5.56 Å². The van der Waals surface area contributed by atoms with E-state index in [2.05, 4.69) is 17.2 Å². The number of piperidine rings is 1. The zero-order valence-corrected chi connectivity index (χ0v) is 18.7. The minimum atomic E-state index is -0.642. The van der Waals surface area contributed by atoms with Crippen LogP contribution in [0.5, 0.6) is 0 Å². The van der Waals surface area contributed by atoms with E-state index in [-0.39, 0.29) is 11.4 Å². The molecule has 0 radical (unpaired) electrons. The molecule has 2 aromatic heterocycles. The average Bonchev–Trinajstić information content (AvgIpc) is 3.18. The van der Waals surface area contributed by atoms with Crippen LogP contribution in [-0.2, 0) is 13.0 Å². The van der Waals surface area contributed by atoms with Gasteiger partial charge in [-0.2, -0.15) is 0 Å². The van der Waals surface area contributed by atoms with Crippen LogP contribution in [0.25, 0.3) is 11.0 Å². The molecular weight excluding hydrogens is 411 g/mol. The van der Waals surface area contributed by atoms with E-state index in [1.165, 1.54) is 12.1 Å². The maximum Gasteiger partial charge on any atom is 0.257 e. The number of rotatable bonds is 4. The van der Waals surface area contributed by atoms with E-state index in [0.29, 0.717) is 36.7 Å². The van der Waals surface area contributed by atoms with Crippen molar-refractivity contribution in [1.82, 2.24) is 14.7 Å². The molecule has 1 unspecified atom stereocenters. The van der Waals surface area contributed by atoms with Crippen molar-refractivity contribution in [3.63, 3.8) is 0 Å². The highest BCUT2D eigenvalue weighted by atomic mass is 19.1. The highest BCUT2D eigenvalue weighted by molar-refractivity contribution is 5.79. The molecule has 5 rings (SSSR count). The van der Waals surface area contributed by atoms with Gasteiger partial charge in [0.05, 0.1) is 32.4 Å². The van der Waals surface area contributed by atoms with Gasteiger partial charge in [0, 0.05) is 54.4 Å². The van der Waals surface area contributed by atoms with E-state index < -0.39 is 6.10 Å². The van der Waals surface area contributed by atoms with Gasteiger partial charge in [-0.25, -0.2) is 9.37 Å². The Morgan fingerprint density at radius 1 is 1.28 bits per heavy atom. The van der Waals surface area contributed by atoms with Gasteiger partial charge in [-0.15, -0.1) is 0 Å². The average molecular weight is 442 g/mol. The summed E-state index contributed by atoms with van der Waals surface area (Å²) in [6, 6.07) is 4.61. The fourth-order valence-corrected chi connectivity index (χ4v) is 5.35. The van der Waals surface area contributed by atoms with E-state index in [4.69, 9.17) is 4.52 Å². The molecule has 32 heavy (non-hydrogen) atoms. The quantitative estimate of drug-likeness (QED) is 0.629. The number of benzene rings is 1. The number of aliphatic hydroxyl groups is 1. The predicted molar refractivity (Wildman–Crippen MR) is 118 cm³/mol. The van der Waals surface area contributed by atoms with Crippen LogP contribution < -0.4 is 5.56 Å². The van der Waals surface area contributed by atoms with Crippen LogP contribution in [-0.4, -0.2) is 51.0 Å². The number of nitrogens with zero attached hydrogens (tertiary/aromatic N) is 4. The highest BCUT2D eigenvalue weighted by Gasteiger charge is 2.33. The molecule has 0 spiro atoms. The van der Waals surface area contributed by atoms with Crippen molar-refractivity contribution in [2.24, 2.45) is 0 Å². The molecule has 3 aromatic rings. The molecule has 1 fully saturated rings. The lowest BCUT2D eigenvalue weighted by Gasteiger charge is -2.40. The Bertz CT molecular complexity index is 1210. The molecule has 4 heterocycles. The summed E-state index contributed by atoms with van der Waals surface area (Å²) < 4.78 is 21.4. The zero-order chi connectivity index (χ0) is 22.5. The highest BCUT2D eigenvalue weighted by Crippen LogP contribution is 2.34. The first kappa shape index (κ1) is 21.3. The largest absolute Gasteiger partial charge is 0.385 e. The van der Waals surface area contributed by atoms with Gasteiger partial charge in [-0.1, -0.05) is 5.16 Å². The lowest BCUT2D eigenvalue weighted by molar-refractivity contribution is -0.914. The fraction of sp³-hybridized carbons (Fsp3) is 0.542. The third-order valence-corrected chi connectivity index (χ3v) is 7.44. The molecule has 2 aliphatic heterocycles. The molecule has 1 N–H and O–H groups in total. The van der Waals surface area contributed by atoms with Crippen LogP contribution in [0.15, 0.2) is 27.5 Å². The summed E-state index contributed by atoms with van der Waals surface area (Å²) in [6.45, 7) is 5.35. The smallest absolute Gasteiger partial charge is 0.257 e. The summed E-state index contributed by atoms with van der Waals surface area (Å²) in [5, 5.41) is 15.4. The number of aromatic nitrogens is 3. The van der Waals surface area contributed by atoms with Crippen molar-refractivity contribution in [1.29, 1.82) is 0 Å². The number of halogens is 1. The molecule has 2 aliphatic rings. The number of quaternary nitrogens is 1. The van der Waals surface area contributed by atoms with Gasteiger partial charge in [0.15, 0.2) is 5.58 Å². The van der Waals surface area contributed by atoms with Crippen molar-refractivity contribution in [2.75, 3.05) is 26.7 Å². The topological polar surface area (TPSA) is 81.2 Å². The lowest BCUT2D eigenvalue weighted by atomic mass is 9.90. The van der Waals surface area contributed by atoms with Crippen molar-refractivity contribution in [3.8, 4) is 0 Å². The third kappa shape index (κ3) is 3.75.